The lowest BCUT2D eigenvalue weighted by Gasteiger charge is -2.37. The summed E-state index contributed by atoms with van der Waals surface area (Å²) in [6, 6.07) is 4.14. The van der Waals surface area contributed by atoms with E-state index >= 15 is 0 Å². The molecule has 2 amide bonds. The van der Waals surface area contributed by atoms with Crippen molar-refractivity contribution in [1.82, 2.24) is 5.32 Å². The molecule has 0 saturated carbocycles. The van der Waals surface area contributed by atoms with Crippen molar-refractivity contribution < 1.29 is 19.1 Å². The minimum absolute atomic E-state index is 0.114. The number of amides is 2. The Bertz CT molecular complexity index is 559. The smallest absolute Gasteiger partial charge is 0.250 e. The van der Waals surface area contributed by atoms with E-state index in [0.717, 1.165) is 0 Å². The molecule has 2 unspecified atom stereocenters. The highest BCUT2D eigenvalue weighted by Gasteiger charge is 2.38. The second-order valence-corrected chi connectivity index (χ2v) is 4.89. The minimum atomic E-state index is -0.557. The van der Waals surface area contributed by atoms with E-state index in [-0.39, 0.29) is 11.8 Å². The molecule has 1 N–H and O–H groups in total. The van der Waals surface area contributed by atoms with Crippen molar-refractivity contribution in [2.45, 2.75) is 32.4 Å². The molecule has 1 saturated heterocycles. The van der Waals surface area contributed by atoms with Crippen LogP contribution in [-0.4, -0.2) is 38.1 Å². The molecule has 0 spiro atoms. The van der Waals surface area contributed by atoms with Crippen LogP contribution in [0.1, 0.15) is 20.3 Å². The molecule has 1 heterocycles. The molecule has 0 radical (unpaired) electrons. The molecule has 1 fully saturated rings. The van der Waals surface area contributed by atoms with Crippen LogP contribution in [0.25, 0.3) is 0 Å². The Balaban J connectivity index is 2.42. The quantitative estimate of drug-likeness (QED) is 0.909. The Kier molecular flexibility index (Phi) is 4.35. The summed E-state index contributed by atoms with van der Waals surface area (Å²) in [5.41, 5.74) is 0.624. The summed E-state index contributed by atoms with van der Waals surface area (Å²) in [5, 5.41) is 2.73. The van der Waals surface area contributed by atoms with Crippen LogP contribution in [0.5, 0.6) is 11.5 Å². The Labute approximate surface area is 124 Å². The Morgan fingerprint density at radius 2 is 1.86 bits per heavy atom. The van der Waals surface area contributed by atoms with Gasteiger partial charge in [-0.15, -0.1) is 0 Å². The van der Waals surface area contributed by atoms with Crippen LogP contribution < -0.4 is 19.7 Å². The Morgan fingerprint density at radius 1 is 1.19 bits per heavy atom. The van der Waals surface area contributed by atoms with Gasteiger partial charge in [0.25, 0.3) is 0 Å². The molecule has 1 aromatic rings. The monoisotopic (exact) mass is 292 g/mol. The second kappa shape index (κ2) is 6.03. The number of hydrogen-bond donors (Lipinski definition) is 1. The molecule has 2 atom stereocenters. The molecule has 21 heavy (non-hydrogen) atoms. The van der Waals surface area contributed by atoms with Crippen molar-refractivity contribution >= 4 is 17.5 Å². The maximum Gasteiger partial charge on any atom is 0.250 e. The van der Waals surface area contributed by atoms with Gasteiger partial charge in [0.15, 0.2) is 11.5 Å². The third-order valence-electron chi connectivity index (χ3n) is 3.67. The molecule has 6 nitrogen and oxygen atoms in total. The summed E-state index contributed by atoms with van der Waals surface area (Å²) < 4.78 is 10.4. The van der Waals surface area contributed by atoms with Gasteiger partial charge in [-0.1, -0.05) is 6.92 Å². The predicted molar refractivity (Wildman–Crippen MR) is 78.7 cm³/mol. The van der Waals surface area contributed by atoms with E-state index in [1.165, 1.54) is 12.0 Å². The van der Waals surface area contributed by atoms with E-state index in [1.807, 2.05) is 6.92 Å². The van der Waals surface area contributed by atoms with Crippen molar-refractivity contribution in [3.8, 4) is 11.5 Å². The normalized spacial score (nSPS) is 22.0. The summed E-state index contributed by atoms with van der Waals surface area (Å²) >= 11 is 0. The van der Waals surface area contributed by atoms with E-state index in [1.54, 1.807) is 32.2 Å². The number of nitrogens with one attached hydrogen (secondary N) is 1. The first-order chi connectivity index (χ1) is 10.0. The number of carbonyl (C=O) groups is 2. The first-order valence-corrected chi connectivity index (χ1v) is 6.89. The van der Waals surface area contributed by atoms with Gasteiger partial charge in [0.2, 0.25) is 11.8 Å². The zero-order valence-electron chi connectivity index (χ0n) is 12.7. The summed E-state index contributed by atoms with van der Waals surface area (Å²) in [6.45, 7) is 3.57. The van der Waals surface area contributed by atoms with E-state index < -0.39 is 12.1 Å². The average Bonchev–Trinajstić information content (AvgIpc) is 2.50. The highest BCUT2D eigenvalue weighted by molar-refractivity contribution is 6.08. The number of ether oxygens (including phenoxy) is 2. The van der Waals surface area contributed by atoms with E-state index in [2.05, 4.69) is 5.32 Å². The van der Waals surface area contributed by atoms with Gasteiger partial charge in [-0.05, 0) is 25.5 Å². The van der Waals surface area contributed by atoms with Crippen molar-refractivity contribution in [2.75, 3.05) is 19.1 Å². The number of methoxy groups -OCH3 is 2. The first kappa shape index (κ1) is 15.2. The topological polar surface area (TPSA) is 67.9 Å². The van der Waals surface area contributed by atoms with E-state index in [0.29, 0.717) is 23.6 Å². The fourth-order valence-corrected chi connectivity index (χ4v) is 2.43. The van der Waals surface area contributed by atoms with Crippen LogP contribution in [0.2, 0.25) is 0 Å². The molecule has 1 aliphatic rings. The highest BCUT2D eigenvalue weighted by Crippen LogP contribution is 2.33. The third-order valence-corrected chi connectivity index (χ3v) is 3.67. The summed E-state index contributed by atoms with van der Waals surface area (Å²) in [5.74, 6) is 0.830. The summed E-state index contributed by atoms with van der Waals surface area (Å²) in [7, 11) is 3.08. The first-order valence-electron chi connectivity index (χ1n) is 6.89. The summed E-state index contributed by atoms with van der Waals surface area (Å²) in [6.07, 6.45) is 0.557. The third kappa shape index (κ3) is 2.66. The molecule has 1 aromatic carbocycles. The van der Waals surface area contributed by atoms with Crippen LogP contribution in [0.15, 0.2) is 18.2 Å². The van der Waals surface area contributed by atoms with Crippen LogP contribution in [0.3, 0.4) is 0 Å². The number of carbonyl (C=O) groups excluding carboxylic acids is 2. The van der Waals surface area contributed by atoms with Crippen LogP contribution in [0.4, 0.5) is 5.69 Å². The van der Waals surface area contributed by atoms with Gasteiger partial charge in [0.05, 0.1) is 14.2 Å². The number of nitrogens with zero attached hydrogens (tertiary/aromatic N) is 1. The minimum Gasteiger partial charge on any atom is -0.493 e. The van der Waals surface area contributed by atoms with Crippen molar-refractivity contribution in [2.24, 2.45) is 0 Å². The van der Waals surface area contributed by atoms with Gasteiger partial charge >= 0.3 is 0 Å². The number of hydrogen-bond acceptors (Lipinski definition) is 4. The lowest BCUT2D eigenvalue weighted by Crippen LogP contribution is -2.62. The number of rotatable bonds is 4. The highest BCUT2D eigenvalue weighted by atomic mass is 16.5. The average molecular weight is 292 g/mol. The fraction of sp³-hybridized carbons (Fsp3) is 0.467. The van der Waals surface area contributed by atoms with E-state index in [9.17, 15) is 9.59 Å². The van der Waals surface area contributed by atoms with Crippen LogP contribution in [0, 0.1) is 0 Å². The molecule has 114 valence electrons. The van der Waals surface area contributed by atoms with Gasteiger partial charge in [-0.25, -0.2) is 0 Å². The van der Waals surface area contributed by atoms with Gasteiger partial charge in [0, 0.05) is 11.8 Å². The molecule has 0 aromatic heterocycles. The lowest BCUT2D eigenvalue weighted by atomic mass is 10.0. The molecular weight excluding hydrogens is 272 g/mol. The molecule has 2 rings (SSSR count). The van der Waals surface area contributed by atoms with Gasteiger partial charge in [-0.2, -0.15) is 0 Å². The number of anilines is 1. The summed E-state index contributed by atoms with van der Waals surface area (Å²) in [4.78, 5) is 26.0. The molecular formula is C15H20N2O4. The zero-order chi connectivity index (χ0) is 15.6. The van der Waals surface area contributed by atoms with Crippen LogP contribution >= 0.6 is 0 Å². The molecule has 6 heteroatoms. The maximum absolute atomic E-state index is 12.5. The molecule has 1 aliphatic heterocycles. The maximum atomic E-state index is 12.5. The van der Waals surface area contributed by atoms with Gasteiger partial charge in [-0.3, -0.25) is 14.5 Å². The fourth-order valence-electron chi connectivity index (χ4n) is 2.43. The lowest BCUT2D eigenvalue weighted by molar-refractivity contribution is -0.133. The zero-order valence-corrected chi connectivity index (χ0v) is 12.7. The number of benzene rings is 1. The van der Waals surface area contributed by atoms with Gasteiger partial charge in [0.1, 0.15) is 12.1 Å². The predicted octanol–water partition coefficient (Wildman–Crippen LogP) is 1.33. The SMILES string of the molecule is CCC1NC(=O)C(C)N(c2ccc(OC)c(OC)c2)C1=O. The van der Waals surface area contributed by atoms with Crippen molar-refractivity contribution in [3.05, 3.63) is 18.2 Å². The Morgan fingerprint density at radius 3 is 2.43 bits per heavy atom. The van der Waals surface area contributed by atoms with Crippen LogP contribution in [-0.2, 0) is 9.59 Å². The van der Waals surface area contributed by atoms with Crippen molar-refractivity contribution in [3.63, 3.8) is 0 Å². The van der Waals surface area contributed by atoms with Crippen molar-refractivity contribution in [1.29, 1.82) is 0 Å². The Hall–Kier alpha value is -2.24. The van der Waals surface area contributed by atoms with E-state index in [4.69, 9.17) is 9.47 Å². The second-order valence-electron chi connectivity index (χ2n) is 4.89. The number of piperazine rings is 1. The van der Waals surface area contributed by atoms with Gasteiger partial charge < -0.3 is 14.8 Å². The standard InChI is InChI=1S/C15H20N2O4/c1-5-11-15(19)17(9(2)14(18)16-11)10-6-7-12(20-3)13(8-10)21-4/h6-9,11H,5H2,1-4H3,(H,16,18). The largest absolute Gasteiger partial charge is 0.493 e. The molecule has 0 aliphatic carbocycles. The molecule has 0 bridgehead atoms.